The van der Waals surface area contributed by atoms with Crippen LogP contribution in [0.15, 0.2) is 59.0 Å². The van der Waals surface area contributed by atoms with Crippen LogP contribution >= 0.6 is 11.3 Å². The maximum atomic E-state index is 13.4. The molecule has 0 spiro atoms. The summed E-state index contributed by atoms with van der Waals surface area (Å²) in [6.45, 7) is 9.96. The third-order valence-electron chi connectivity index (χ3n) is 5.86. The van der Waals surface area contributed by atoms with Gasteiger partial charge in [-0.2, -0.15) is 0 Å². The van der Waals surface area contributed by atoms with Gasteiger partial charge in [0.15, 0.2) is 0 Å². The van der Waals surface area contributed by atoms with Gasteiger partial charge in [-0.15, -0.1) is 11.3 Å². The number of carbonyl (C=O) groups is 1. The largest absolute Gasteiger partial charge is 0.324 e. The standard InChI is InChI=1S/C26H27N3O2S/c1-15(2)19-8-10-20(11-9-19)21-13-32-25-23(21)26(31)29(14-27-25)18(5)24(30)28-22-12-16(3)6-7-17(22)4/h6-15,18H,1-5H3,(H,28,30). The van der Waals surface area contributed by atoms with Gasteiger partial charge in [0, 0.05) is 16.6 Å². The average molecular weight is 446 g/mol. The van der Waals surface area contributed by atoms with Crippen molar-refractivity contribution in [3.05, 3.63) is 81.2 Å². The second kappa shape index (κ2) is 8.71. The van der Waals surface area contributed by atoms with Gasteiger partial charge in [-0.1, -0.05) is 50.2 Å². The van der Waals surface area contributed by atoms with Crippen LogP contribution in [0.5, 0.6) is 0 Å². The van der Waals surface area contributed by atoms with E-state index >= 15 is 0 Å². The molecule has 6 heteroatoms. The Morgan fingerprint density at radius 3 is 2.47 bits per heavy atom. The van der Waals surface area contributed by atoms with Crippen LogP contribution in [0.4, 0.5) is 5.69 Å². The summed E-state index contributed by atoms with van der Waals surface area (Å²) in [7, 11) is 0. The Kier molecular flexibility index (Phi) is 5.98. The van der Waals surface area contributed by atoms with Crippen molar-refractivity contribution in [3.8, 4) is 11.1 Å². The molecule has 0 saturated heterocycles. The van der Waals surface area contributed by atoms with Gasteiger partial charge < -0.3 is 5.32 Å². The van der Waals surface area contributed by atoms with Crippen molar-refractivity contribution in [1.82, 2.24) is 9.55 Å². The molecule has 0 bridgehead atoms. The predicted molar refractivity (Wildman–Crippen MR) is 133 cm³/mol. The van der Waals surface area contributed by atoms with Crippen LogP contribution in [0.2, 0.25) is 0 Å². The number of nitrogens with zero attached hydrogens (tertiary/aromatic N) is 2. The third kappa shape index (κ3) is 4.10. The minimum Gasteiger partial charge on any atom is -0.324 e. The number of benzene rings is 2. The lowest BCUT2D eigenvalue weighted by molar-refractivity contribution is -0.118. The highest BCUT2D eigenvalue weighted by atomic mass is 32.1. The quantitative estimate of drug-likeness (QED) is 0.406. The first-order valence-corrected chi connectivity index (χ1v) is 11.6. The Morgan fingerprint density at radius 1 is 1.06 bits per heavy atom. The number of aryl methyl sites for hydroxylation is 2. The molecule has 1 atom stereocenters. The van der Waals surface area contributed by atoms with E-state index in [-0.39, 0.29) is 11.5 Å². The zero-order chi connectivity index (χ0) is 23.0. The summed E-state index contributed by atoms with van der Waals surface area (Å²) in [5.41, 5.74) is 5.67. The van der Waals surface area contributed by atoms with Crippen molar-refractivity contribution in [2.45, 2.75) is 46.6 Å². The highest BCUT2D eigenvalue weighted by Gasteiger charge is 2.21. The molecule has 0 aliphatic rings. The normalized spacial score (nSPS) is 12.3. The Hall–Kier alpha value is -3.25. The highest BCUT2D eigenvalue weighted by molar-refractivity contribution is 7.17. The number of aromatic nitrogens is 2. The van der Waals surface area contributed by atoms with Gasteiger partial charge in [-0.3, -0.25) is 14.2 Å². The fourth-order valence-corrected chi connectivity index (χ4v) is 4.62. The maximum absolute atomic E-state index is 13.4. The molecule has 2 aromatic heterocycles. The molecule has 1 N–H and O–H groups in total. The van der Waals surface area contributed by atoms with Gasteiger partial charge in [0.2, 0.25) is 5.91 Å². The van der Waals surface area contributed by atoms with Gasteiger partial charge in [0.1, 0.15) is 10.9 Å². The molecule has 2 heterocycles. The van der Waals surface area contributed by atoms with E-state index in [0.717, 1.165) is 27.9 Å². The molecule has 164 valence electrons. The zero-order valence-electron chi connectivity index (χ0n) is 19.0. The third-order valence-corrected chi connectivity index (χ3v) is 6.74. The summed E-state index contributed by atoms with van der Waals surface area (Å²) in [6, 6.07) is 13.5. The van der Waals surface area contributed by atoms with E-state index in [1.807, 2.05) is 49.6 Å². The molecule has 4 aromatic rings. The number of hydrogen-bond donors (Lipinski definition) is 1. The van der Waals surface area contributed by atoms with Crippen molar-refractivity contribution in [1.29, 1.82) is 0 Å². The lowest BCUT2D eigenvalue weighted by Crippen LogP contribution is -2.31. The number of fused-ring (bicyclic) bond motifs is 1. The van der Waals surface area contributed by atoms with Crippen LogP contribution in [0, 0.1) is 13.8 Å². The monoisotopic (exact) mass is 445 g/mol. The van der Waals surface area contributed by atoms with Gasteiger partial charge >= 0.3 is 0 Å². The topological polar surface area (TPSA) is 64.0 Å². The van der Waals surface area contributed by atoms with Crippen LogP contribution in [0.25, 0.3) is 21.3 Å². The van der Waals surface area contributed by atoms with E-state index in [0.29, 0.717) is 16.1 Å². The minimum atomic E-state index is -0.699. The van der Waals surface area contributed by atoms with E-state index < -0.39 is 6.04 Å². The Bertz CT molecular complexity index is 1350. The van der Waals surface area contributed by atoms with Crippen molar-refractivity contribution < 1.29 is 4.79 Å². The molecule has 0 fully saturated rings. The van der Waals surface area contributed by atoms with Gasteiger partial charge in [0.25, 0.3) is 5.56 Å². The second-order valence-corrected chi connectivity index (χ2v) is 9.40. The summed E-state index contributed by atoms with van der Waals surface area (Å²) in [4.78, 5) is 31.5. The average Bonchev–Trinajstić information content (AvgIpc) is 3.21. The minimum absolute atomic E-state index is 0.206. The predicted octanol–water partition coefficient (Wildman–Crippen LogP) is 6.06. The van der Waals surface area contributed by atoms with E-state index in [1.165, 1.54) is 27.8 Å². The molecule has 4 rings (SSSR count). The molecular weight excluding hydrogens is 418 g/mol. The Labute approximate surface area is 191 Å². The van der Waals surface area contributed by atoms with Crippen molar-refractivity contribution in [2.24, 2.45) is 0 Å². The summed E-state index contributed by atoms with van der Waals surface area (Å²) in [6.07, 6.45) is 1.47. The van der Waals surface area contributed by atoms with Crippen molar-refractivity contribution >= 4 is 33.1 Å². The fourth-order valence-electron chi connectivity index (χ4n) is 3.72. The number of amides is 1. The Balaban J connectivity index is 1.70. The summed E-state index contributed by atoms with van der Waals surface area (Å²) in [5.74, 6) is 0.193. The number of hydrogen-bond acceptors (Lipinski definition) is 4. The van der Waals surface area contributed by atoms with Crippen molar-refractivity contribution in [2.75, 3.05) is 5.32 Å². The molecule has 0 aliphatic carbocycles. The van der Waals surface area contributed by atoms with E-state index in [9.17, 15) is 9.59 Å². The number of anilines is 1. The maximum Gasteiger partial charge on any atom is 0.263 e. The number of nitrogens with one attached hydrogen (secondary N) is 1. The molecule has 1 unspecified atom stereocenters. The van der Waals surface area contributed by atoms with Crippen molar-refractivity contribution in [3.63, 3.8) is 0 Å². The van der Waals surface area contributed by atoms with E-state index in [2.05, 4.69) is 36.3 Å². The fraction of sp³-hybridized carbons (Fsp3) is 0.269. The molecule has 0 aliphatic heterocycles. The van der Waals surface area contributed by atoms with Crippen LogP contribution in [0.3, 0.4) is 0 Å². The highest BCUT2D eigenvalue weighted by Crippen LogP contribution is 2.32. The first kappa shape index (κ1) is 22.0. The second-order valence-electron chi connectivity index (χ2n) is 8.55. The first-order chi connectivity index (χ1) is 15.3. The number of thiophene rings is 1. The van der Waals surface area contributed by atoms with Crippen LogP contribution in [-0.4, -0.2) is 15.5 Å². The lowest BCUT2D eigenvalue weighted by atomic mass is 9.99. The van der Waals surface area contributed by atoms with Crippen LogP contribution in [0.1, 0.15) is 49.4 Å². The number of carbonyl (C=O) groups excluding carboxylic acids is 1. The lowest BCUT2D eigenvalue weighted by Gasteiger charge is -2.16. The summed E-state index contributed by atoms with van der Waals surface area (Å²) in [5, 5.41) is 5.48. The number of rotatable bonds is 5. The molecule has 0 radical (unpaired) electrons. The van der Waals surface area contributed by atoms with E-state index in [1.54, 1.807) is 6.92 Å². The molecular formula is C26H27N3O2S. The molecule has 32 heavy (non-hydrogen) atoms. The summed E-state index contributed by atoms with van der Waals surface area (Å²) >= 11 is 1.44. The van der Waals surface area contributed by atoms with Crippen LogP contribution < -0.4 is 10.9 Å². The molecule has 5 nitrogen and oxygen atoms in total. The van der Waals surface area contributed by atoms with E-state index in [4.69, 9.17) is 0 Å². The van der Waals surface area contributed by atoms with Crippen LogP contribution in [-0.2, 0) is 4.79 Å². The SMILES string of the molecule is Cc1ccc(C)c(NC(=O)C(C)n2cnc3scc(-c4ccc(C(C)C)cc4)c3c2=O)c1. The zero-order valence-corrected chi connectivity index (χ0v) is 19.8. The summed E-state index contributed by atoms with van der Waals surface area (Å²) < 4.78 is 1.42. The first-order valence-electron chi connectivity index (χ1n) is 10.7. The molecule has 0 saturated carbocycles. The molecule has 1 amide bonds. The Morgan fingerprint density at radius 2 is 1.78 bits per heavy atom. The van der Waals surface area contributed by atoms with Gasteiger partial charge in [-0.25, -0.2) is 4.98 Å². The molecule has 2 aromatic carbocycles. The smallest absolute Gasteiger partial charge is 0.263 e. The van der Waals surface area contributed by atoms with Gasteiger partial charge in [-0.05, 0) is 55.0 Å². The van der Waals surface area contributed by atoms with Gasteiger partial charge in [0.05, 0.1) is 11.7 Å².